The number of imidazole rings is 1. The lowest BCUT2D eigenvalue weighted by Crippen LogP contribution is -2.45. The maximum absolute atomic E-state index is 12.5. The molecule has 130 valence electrons. The molecule has 1 aromatic heterocycles. The van der Waals surface area contributed by atoms with Gasteiger partial charge in [-0.3, -0.25) is 4.57 Å². The second-order valence-corrected chi connectivity index (χ2v) is 7.12. The molecule has 4 rings (SSSR count). The van der Waals surface area contributed by atoms with Crippen LogP contribution in [0.3, 0.4) is 0 Å². The van der Waals surface area contributed by atoms with Crippen molar-refractivity contribution in [3.05, 3.63) is 34.2 Å². The molecule has 0 atom stereocenters. The number of nitrogens with zero attached hydrogens (tertiary/aromatic N) is 2. The van der Waals surface area contributed by atoms with Crippen molar-refractivity contribution < 1.29 is 4.74 Å². The molecule has 0 spiro atoms. The van der Waals surface area contributed by atoms with Crippen LogP contribution in [0.5, 0.6) is 0 Å². The number of aromatic amines is 1. The van der Waals surface area contributed by atoms with Gasteiger partial charge in [0.2, 0.25) is 0 Å². The van der Waals surface area contributed by atoms with E-state index in [1.54, 1.807) is 0 Å². The monoisotopic (exact) mass is 329 g/mol. The van der Waals surface area contributed by atoms with Crippen LogP contribution in [0.15, 0.2) is 23.0 Å². The van der Waals surface area contributed by atoms with E-state index < -0.39 is 0 Å². The number of benzene rings is 1. The minimum Gasteiger partial charge on any atom is -0.381 e. The molecule has 2 aromatic rings. The average molecular weight is 329 g/mol. The molecule has 1 N–H and O–H groups in total. The molecule has 0 aliphatic carbocycles. The number of nitrogens with one attached hydrogen (secondary N) is 1. The zero-order valence-corrected chi connectivity index (χ0v) is 14.5. The number of fused-ring (bicyclic) bond motifs is 1. The van der Waals surface area contributed by atoms with Crippen molar-refractivity contribution in [3.63, 3.8) is 0 Å². The average Bonchev–Trinajstić information content (AvgIpc) is 2.97. The van der Waals surface area contributed by atoms with Gasteiger partial charge >= 0.3 is 5.69 Å². The zero-order valence-electron chi connectivity index (χ0n) is 14.5. The standard InChI is InChI=1S/C19H27N3O2/c1-2-14-3-4-17-18(13-14)22(19(23)20-17)16-5-9-21(10-6-16)15-7-11-24-12-8-15/h3-4,13,15-16H,2,5-12H2,1H3,(H,20,23). The lowest BCUT2D eigenvalue weighted by molar-refractivity contribution is 0.0220. The SMILES string of the molecule is CCc1ccc2[nH]c(=O)n(C3CCN(C4CCOCC4)CC3)c2c1. The summed E-state index contributed by atoms with van der Waals surface area (Å²) in [6.45, 7) is 6.12. The molecule has 5 heteroatoms. The van der Waals surface area contributed by atoms with Gasteiger partial charge in [0, 0.05) is 38.4 Å². The second-order valence-electron chi connectivity index (χ2n) is 7.12. The molecule has 2 aliphatic heterocycles. The zero-order chi connectivity index (χ0) is 16.5. The molecule has 0 radical (unpaired) electrons. The van der Waals surface area contributed by atoms with Crippen molar-refractivity contribution in [2.75, 3.05) is 26.3 Å². The smallest absolute Gasteiger partial charge is 0.326 e. The predicted molar refractivity (Wildman–Crippen MR) is 95.6 cm³/mol. The van der Waals surface area contributed by atoms with Crippen LogP contribution in [0.1, 0.15) is 44.2 Å². The van der Waals surface area contributed by atoms with Gasteiger partial charge in [0.15, 0.2) is 0 Å². The van der Waals surface area contributed by atoms with Crippen molar-refractivity contribution >= 4 is 11.0 Å². The normalized spacial score (nSPS) is 21.5. The number of aromatic nitrogens is 2. The van der Waals surface area contributed by atoms with Crippen molar-refractivity contribution in [2.24, 2.45) is 0 Å². The van der Waals surface area contributed by atoms with E-state index in [2.05, 4.69) is 28.9 Å². The summed E-state index contributed by atoms with van der Waals surface area (Å²) < 4.78 is 7.49. The summed E-state index contributed by atoms with van der Waals surface area (Å²) in [5.41, 5.74) is 3.37. The first-order valence-corrected chi connectivity index (χ1v) is 9.31. The summed E-state index contributed by atoms with van der Waals surface area (Å²) in [4.78, 5) is 18.1. The third-order valence-electron chi connectivity index (χ3n) is 5.76. The van der Waals surface area contributed by atoms with Gasteiger partial charge in [-0.05, 0) is 49.8 Å². The molecular weight excluding hydrogens is 302 g/mol. The Morgan fingerprint density at radius 1 is 1.12 bits per heavy atom. The number of ether oxygens (including phenoxy) is 1. The van der Waals surface area contributed by atoms with Crippen LogP contribution in [-0.4, -0.2) is 46.8 Å². The first kappa shape index (κ1) is 15.9. The Kier molecular flexibility index (Phi) is 4.46. The van der Waals surface area contributed by atoms with Gasteiger partial charge in [0.25, 0.3) is 0 Å². The highest BCUT2D eigenvalue weighted by molar-refractivity contribution is 5.76. The first-order chi connectivity index (χ1) is 11.8. The van der Waals surface area contributed by atoms with E-state index in [9.17, 15) is 4.79 Å². The Bertz CT molecular complexity index is 750. The van der Waals surface area contributed by atoms with E-state index in [1.165, 1.54) is 5.56 Å². The Morgan fingerprint density at radius 2 is 1.88 bits per heavy atom. The largest absolute Gasteiger partial charge is 0.381 e. The molecule has 0 amide bonds. The van der Waals surface area contributed by atoms with Crippen LogP contribution in [0, 0.1) is 0 Å². The Labute approximate surface area is 142 Å². The van der Waals surface area contributed by atoms with Crippen molar-refractivity contribution in [2.45, 2.75) is 51.1 Å². The summed E-state index contributed by atoms with van der Waals surface area (Å²) >= 11 is 0. The van der Waals surface area contributed by atoms with Crippen LogP contribution in [0.25, 0.3) is 11.0 Å². The highest BCUT2D eigenvalue weighted by atomic mass is 16.5. The fraction of sp³-hybridized carbons (Fsp3) is 0.632. The molecule has 24 heavy (non-hydrogen) atoms. The van der Waals surface area contributed by atoms with Gasteiger partial charge in [0.1, 0.15) is 0 Å². The summed E-state index contributed by atoms with van der Waals surface area (Å²) in [5.74, 6) is 0. The van der Waals surface area contributed by atoms with Crippen LogP contribution in [0.4, 0.5) is 0 Å². The molecule has 1 aromatic carbocycles. The molecule has 0 saturated carbocycles. The number of hydrogen-bond acceptors (Lipinski definition) is 3. The quantitative estimate of drug-likeness (QED) is 0.942. The number of piperidine rings is 1. The topological polar surface area (TPSA) is 50.3 Å². The summed E-state index contributed by atoms with van der Waals surface area (Å²) in [7, 11) is 0. The molecular formula is C19H27N3O2. The molecule has 5 nitrogen and oxygen atoms in total. The lowest BCUT2D eigenvalue weighted by atomic mass is 9.99. The fourth-order valence-electron chi connectivity index (χ4n) is 4.31. The van der Waals surface area contributed by atoms with Gasteiger partial charge in [0.05, 0.1) is 11.0 Å². The molecule has 0 unspecified atom stereocenters. The van der Waals surface area contributed by atoms with Gasteiger partial charge in [-0.2, -0.15) is 0 Å². The fourth-order valence-corrected chi connectivity index (χ4v) is 4.31. The van der Waals surface area contributed by atoms with Gasteiger partial charge in [-0.15, -0.1) is 0 Å². The minimum absolute atomic E-state index is 0.0442. The minimum atomic E-state index is 0.0442. The predicted octanol–water partition coefficient (Wildman–Crippen LogP) is 2.71. The lowest BCUT2D eigenvalue weighted by Gasteiger charge is -2.39. The van der Waals surface area contributed by atoms with E-state index in [-0.39, 0.29) is 5.69 Å². The number of H-pyrrole nitrogens is 1. The van der Waals surface area contributed by atoms with Crippen LogP contribution >= 0.6 is 0 Å². The van der Waals surface area contributed by atoms with E-state index in [4.69, 9.17) is 4.74 Å². The maximum atomic E-state index is 12.5. The summed E-state index contributed by atoms with van der Waals surface area (Å²) in [6, 6.07) is 7.32. The van der Waals surface area contributed by atoms with Gasteiger partial charge in [-0.1, -0.05) is 13.0 Å². The number of likely N-dealkylation sites (tertiary alicyclic amines) is 1. The molecule has 2 aliphatic rings. The van der Waals surface area contributed by atoms with E-state index >= 15 is 0 Å². The van der Waals surface area contributed by atoms with Crippen molar-refractivity contribution in [3.8, 4) is 0 Å². The molecule has 2 fully saturated rings. The molecule has 3 heterocycles. The van der Waals surface area contributed by atoms with Crippen LogP contribution < -0.4 is 5.69 Å². The molecule has 0 bridgehead atoms. The Balaban J connectivity index is 1.54. The third kappa shape index (κ3) is 2.91. The number of rotatable bonds is 3. The Hall–Kier alpha value is -1.59. The second kappa shape index (κ2) is 6.73. The highest BCUT2D eigenvalue weighted by Gasteiger charge is 2.28. The van der Waals surface area contributed by atoms with Crippen molar-refractivity contribution in [1.29, 1.82) is 0 Å². The molecule has 2 saturated heterocycles. The third-order valence-corrected chi connectivity index (χ3v) is 5.76. The van der Waals surface area contributed by atoms with E-state index in [0.29, 0.717) is 12.1 Å². The summed E-state index contributed by atoms with van der Waals surface area (Å²) in [5, 5.41) is 0. The van der Waals surface area contributed by atoms with Crippen LogP contribution in [0.2, 0.25) is 0 Å². The van der Waals surface area contributed by atoms with Gasteiger partial charge in [-0.25, -0.2) is 4.79 Å². The number of aryl methyl sites for hydroxylation is 1. The van der Waals surface area contributed by atoms with E-state index in [0.717, 1.165) is 69.4 Å². The van der Waals surface area contributed by atoms with Gasteiger partial charge < -0.3 is 14.6 Å². The highest BCUT2D eigenvalue weighted by Crippen LogP contribution is 2.28. The van der Waals surface area contributed by atoms with E-state index in [1.807, 2.05) is 10.6 Å². The summed E-state index contributed by atoms with van der Waals surface area (Å²) in [6.07, 6.45) is 5.41. The van der Waals surface area contributed by atoms with Crippen LogP contribution in [-0.2, 0) is 11.2 Å². The maximum Gasteiger partial charge on any atom is 0.326 e. The first-order valence-electron chi connectivity index (χ1n) is 9.31. The number of hydrogen-bond donors (Lipinski definition) is 1. The van der Waals surface area contributed by atoms with Crippen molar-refractivity contribution in [1.82, 2.24) is 14.5 Å². The Morgan fingerprint density at radius 3 is 2.58 bits per heavy atom.